The number of carboxylic acids is 1. The van der Waals surface area contributed by atoms with Crippen molar-refractivity contribution in [2.24, 2.45) is 17.4 Å². The van der Waals surface area contributed by atoms with Gasteiger partial charge in [0.15, 0.2) is 0 Å². The summed E-state index contributed by atoms with van der Waals surface area (Å²) in [6.45, 7) is 1.74. The lowest BCUT2D eigenvalue weighted by molar-refractivity contribution is -0.150. The zero-order chi connectivity index (χ0) is 50.3. The third-order valence-corrected chi connectivity index (χ3v) is 10.2. The molecule has 0 saturated heterocycles. The third kappa shape index (κ3) is 19.7. The van der Waals surface area contributed by atoms with Gasteiger partial charge in [-0.1, -0.05) is 103 Å². The van der Waals surface area contributed by atoms with Gasteiger partial charge >= 0.3 is 18.0 Å². The van der Waals surface area contributed by atoms with Crippen LogP contribution in [0.2, 0.25) is 0 Å². The number of hydrogen-bond donors (Lipinski definition) is 9. The number of nitrogens with one attached hydrogen (secondary N) is 6. The first kappa shape index (κ1) is 56.3. The zero-order valence-corrected chi connectivity index (χ0v) is 39.1. The van der Waals surface area contributed by atoms with Crippen molar-refractivity contribution in [3.8, 4) is 5.75 Å². The lowest BCUT2D eigenvalue weighted by Gasteiger charge is -2.29. The van der Waals surface area contributed by atoms with Gasteiger partial charge in [-0.2, -0.15) is 0 Å². The lowest BCUT2D eigenvalue weighted by atomic mass is 9.90. The molecule has 0 aromatic heterocycles. The van der Waals surface area contributed by atoms with Crippen molar-refractivity contribution in [2.75, 3.05) is 6.54 Å². The number of esters is 1. The van der Waals surface area contributed by atoms with Crippen LogP contribution >= 0.6 is 12.4 Å². The highest BCUT2D eigenvalue weighted by atomic mass is 35.5. The van der Waals surface area contributed by atoms with Crippen molar-refractivity contribution >= 4 is 65.9 Å². The molecule has 6 atom stereocenters. The molecular formula is C48H57ClN8O13. The van der Waals surface area contributed by atoms with Gasteiger partial charge in [-0.15, -0.1) is 12.4 Å². The summed E-state index contributed by atoms with van der Waals surface area (Å²) in [6, 6.07) is 26.1. The van der Waals surface area contributed by atoms with Gasteiger partial charge in [0.05, 0.1) is 18.5 Å². The monoisotopic (exact) mass is 988 g/mol. The third-order valence-electron chi connectivity index (χ3n) is 10.2. The average Bonchev–Trinajstić information content (AvgIpc) is 3.33. The number of carboxylic acid groups (broad SMARTS) is 1. The van der Waals surface area contributed by atoms with Gasteiger partial charge in [0.1, 0.15) is 43.2 Å². The van der Waals surface area contributed by atoms with E-state index in [0.29, 0.717) is 22.4 Å². The number of hydrogen-bond acceptors (Lipinski definition) is 13. The number of nitrogens with two attached hydrogens (primary N) is 2. The van der Waals surface area contributed by atoms with Crippen LogP contribution < -0.4 is 48.3 Å². The Bertz CT molecular complexity index is 2380. The van der Waals surface area contributed by atoms with Crippen molar-refractivity contribution < 1.29 is 62.5 Å². The highest BCUT2D eigenvalue weighted by Gasteiger charge is 2.39. The SMILES string of the molecule is CC(=O)O[C@H](C)[C@H](NC(=O)[C@H](Cc1ccc(OCc2ccccc2)cc1)NC(=O)[C@@H](NC(=O)[C@@H](N)CCC(N)=O)C(Cc1ccccc1)C(=O)O)C(=O)NCC(=O)NNC(=O)OCc1ccccc1.Cl. The molecule has 0 aliphatic rings. The van der Waals surface area contributed by atoms with Crippen molar-refractivity contribution in [1.82, 2.24) is 32.1 Å². The largest absolute Gasteiger partial charge is 0.489 e. The van der Waals surface area contributed by atoms with Crippen LogP contribution in [-0.4, -0.2) is 95.4 Å². The van der Waals surface area contributed by atoms with Crippen LogP contribution in [0.5, 0.6) is 5.75 Å². The molecule has 0 saturated carbocycles. The van der Waals surface area contributed by atoms with Crippen molar-refractivity contribution in [2.45, 2.75) is 83.0 Å². The van der Waals surface area contributed by atoms with E-state index in [0.717, 1.165) is 12.5 Å². The first-order chi connectivity index (χ1) is 33.0. The van der Waals surface area contributed by atoms with Crippen LogP contribution in [0.15, 0.2) is 115 Å². The van der Waals surface area contributed by atoms with E-state index in [1.807, 2.05) is 35.8 Å². The predicted molar refractivity (Wildman–Crippen MR) is 254 cm³/mol. The van der Waals surface area contributed by atoms with Crippen molar-refractivity contribution in [3.05, 3.63) is 138 Å². The van der Waals surface area contributed by atoms with E-state index in [1.165, 1.54) is 6.92 Å². The lowest BCUT2D eigenvalue weighted by Crippen LogP contribution is -2.62. The molecule has 21 nitrogen and oxygen atoms in total. The van der Waals surface area contributed by atoms with Crippen LogP contribution in [0, 0.1) is 5.92 Å². The summed E-state index contributed by atoms with van der Waals surface area (Å²) in [7, 11) is 0. The molecule has 0 radical (unpaired) electrons. The second kappa shape index (κ2) is 29.0. The Balaban J connectivity index is 0.0000130. The maximum atomic E-state index is 14.4. The number of amides is 7. The Labute approximate surface area is 409 Å². The minimum absolute atomic E-state index is 0. The van der Waals surface area contributed by atoms with Gasteiger partial charge in [-0.25, -0.2) is 10.2 Å². The summed E-state index contributed by atoms with van der Waals surface area (Å²) in [5.74, 6) is -9.39. The number of benzene rings is 4. The zero-order valence-electron chi connectivity index (χ0n) is 38.3. The fraction of sp³-hybridized carbons (Fsp3) is 0.312. The maximum Gasteiger partial charge on any atom is 0.426 e. The van der Waals surface area contributed by atoms with E-state index in [1.54, 1.807) is 84.9 Å². The minimum Gasteiger partial charge on any atom is -0.489 e. The Morgan fingerprint density at radius 3 is 1.73 bits per heavy atom. The van der Waals surface area contributed by atoms with Gasteiger partial charge in [0.2, 0.25) is 29.5 Å². The Morgan fingerprint density at radius 1 is 0.629 bits per heavy atom. The Hall–Kier alpha value is -8.04. The fourth-order valence-electron chi connectivity index (χ4n) is 6.60. The second-order valence-electron chi connectivity index (χ2n) is 15.7. The molecule has 11 N–H and O–H groups in total. The van der Waals surface area contributed by atoms with E-state index < -0.39 is 96.2 Å². The molecule has 4 aromatic carbocycles. The van der Waals surface area contributed by atoms with E-state index in [-0.39, 0.29) is 51.3 Å². The minimum atomic E-state index is -1.87. The van der Waals surface area contributed by atoms with E-state index in [2.05, 4.69) is 26.7 Å². The highest BCUT2D eigenvalue weighted by Crippen LogP contribution is 2.18. The Morgan fingerprint density at radius 2 is 1.17 bits per heavy atom. The summed E-state index contributed by atoms with van der Waals surface area (Å²) in [4.78, 5) is 117. The molecule has 0 fully saturated rings. The number of hydrazine groups is 1. The molecule has 374 valence electrons. The molecule has 0 heterocycles. The highest BCUT2D eigenvalue weighted by molar-refractivity contribution is 5.97. The number of carbonyl (C=O) groups is 9. The smallest absolute Gasteiger partial charge is 0.426 e. The first-order valence-corrected chi connectivity index (χ1v) is 21.7. The maximum absolute atomic E-state index is 14.4. The van der Waals surface area contributed by atoms with Crippen LogP contribution in [0.25, 0.3) is 0 Å². The summed E-state index contributed by atoms with van der Waals surface area (Å²) < 4.78 is 16.2. The summed E-state index contributed by atoms with van der Waals surface area (Å²) in [6.07, 6.45) is -3.47. The molecule has 7 amide bonds. The number of rotatable bonds is 25. The van der Waals surface area contributed by atoms with Gasteiger partial charge in [0.25, 0.3) is 5.91 Å². The number of halogens is 1. The molecule has 1 unspecified atom stereocenters. The van der Waals surface area contributed by atoms with Gasteiger partial charge in [-0.05, 0) is 54.2 Å². The normalized spacial score (nSPS) is 13.1. The summed E-state index contributed by atoms with van der Waals surface area (Å²) >= 11 is 0. The molecule has 22 heteroatoms. The van der Waals surface area contributed by atoms with Gasteiger partial charge in [0, 0.05) is 19.8 Å². The predicted octanol–water partition coefficient (Wildman–Crippen LogP) is 1.25. The van der Waals surface area contributed by atoms with E-state index >= 15 is 0 Å². The molecule has 4 aromatic rings. The van der Waals surface area contributed by atoms with Crippen LogP contribution in [0.1, 0.15) is 48.9 Å². The second-order valence-corrected chi connectivity index (χ2v) is 15.7. The number of primary amides is 1. The Kier molecular flexibility index (Phi) is 23.3. The molecular weight excluding hydrogens is 932 g/mol. The van der Waals surface area contributed by atoms with Gasteiger partial charge < -0.3 is 52.1 Å². The summed E-state index contributed by atoms with van der Waals surface area (Å²) in [5.41, 5.74) is 17.9. The summed E-state index contributed by atoms with van der Waals surface area (Å²) in [5, 5.41) is 20.2. The molecule has 0 spiro atoms. The quantitative estimate of drug-likeness (QED) is 0.0334. The fourth-order valence-corrected chi connectivity index (χ4v) is 6.60. The molecule has 0 aliphatic heterocycles. The number of aliphatic carboxylic acids is 1. The van der Waals surface area contributed by atoms with E-state index in [9.17, 15) is 48.3 Å². The topological polar surface area (TPSA) is 326 Å². The number of ether oxygens (including phenoxy) is 3. The molecule has 4 rings (SSSR count). The number of carbonyl (C=O) groups excluding carboxylic acids is 8. The van der Waals surface area contributed by atoms with Gasteiger partial charge in [-0.3, -0.25) is 43.8 Å². The van der Waals surface area contributed by atoms with Crippen molar-refractivity contribution in [3.63, 3.8) is 0 Å². The molecule has 70 heavy (non-hydrogen) atoms. The van der Waals surface area contributed by atoms with Crippen LogP contribution in [0.3, 0.4) is 0 Å². The standard InChI is InChI=1S/C48H56N8O13.ClH/c1-29(69-30(2)57)41(45(62)51-26-40(59)55-56-48(66)68-28-34-16-10-5-11-17-34)53-44(61)38(25-32-18-20-35(21-19-32)67-27-33-14-8-4-9-15-33)52-46(63)42(54-43(60)37(49)22-23-39(50)58)36(47(64)65)24-31-12-6-3-7-13-31;/h3-21,29,36-38,41-42H,22-28,49H2,1-2H3,(H2,50,58)(H,51,62)(H,52,63)(H,53,61)(H,54,60)(H,55,59)(H,56,66)(H,64,65);1H/t29-,36?,37+,38+,41+,42+;/m1./s1. The first-order valence-electron chi connectivity index (χ1n) is 21.7. The van der Waals surface area contributed by atoms with Crippen LogP contribution in [-0.2, 0) is 73.9 Å². The van der Waals surface area contributed by atoms with Crippen molar-refractivity contribution in [1.29, 1.82) is 0 Å². The van der Waals surface area contributed by atoms with E-state index in [4.69, 9.17) is 25.7 Å². The average molecular weight is 989 g/mol. The molecule has 0 bridgehead atoms. The van der Waals surface area contributed by atoms with Crippen LogP contribution in [0.4, 0.5) is 4.79 Å². The molecule has 0 aliphatic carbocycles.